The quantitative estimate of drug-likeness (QED) is 0.653. The van der Waals surface area contributed by atoms with Gasteiger partial charge in [0.1, 0.15) is 6.07 Å². The van der Waals surface area contributed by atoms with Crippen LogP contribution in [0, 0.1) is 11.3 Å². The molecule has 14 heavy (non-hydrogen) atoms. The molecule has 0 aliphatic carbocycles. The standard InChI is InChI=1S/C9H5N5/c10-3-7-4-11-9(12-5-7)8-1-2-13-14-6-8/h1-2,4-6H. The Balaban J connectivity index is 2.40. The van der Waals surface area contributed by atoms with E-state index in [2.05, 4.69) is 20.2 Å². The lowest BCUT2D eigenvalue weighted by molar-refractivity contribution is 1.02. The fourth-order valence-corrected chi connectivity index (χ4v) is 0.958. The molecule has 2 aromatic rings. The van der Waals surface area contributed by atoms with Crippen LogP contribution < -0.4 is 0 Å². The lowest BCUT2D eigenvalue weighted by Gasteiger charge is -1.96. The largest absolute Gasteiger partial charge is 0.235 e. The molecule has 0 bridgehead atoms. The summed E-state index contributed by atoms with van der Waals surface area (Å²) in [6.45, 7) is 0. The highest BCUT2D eigenvalue weighted by molar-refractivity contribution is 5.52. The van der Waals surface area contributed by atoms with Crippen LogP contribution in [0.1, 0.15) is 5.56 Å². The zero-order valence-corrected chi connectivity index (χ0v) is 7.12. The van der Waals surface area contributed by atoms with E-state index >= 15 is 0 Å². The van der Waals surface area contributed by atoms with Gasteiger partial charge in [0.05, 0.1) is 18.0 Å². The summed E-state index contributed by atoms with van der Waals surface area (Å²) >= 11 is 0. The molecule has 0 fully saturated rings. The molecule has 0 radical (unpaired) electrons. The van der Waals surface area contributed by atoms with Crippen LogP contribution in [0.5, 0.6) is 0 Å². The van der Waals surface area contributed by atoms with Crippen molar-refractivity contribution in [3.05, 3.63) is 36.4 Å². The molecule has 0 spiro atoms. The second-order valence-electron chi connectivity index (χ2n) is 2.54. The molecule has 0 N–H and O–H groups in total. The first kappa shape index (κ1) is 8.26. The van der Waals surface area contributed by atoms with Gasteiger partial charge >= 0.3 is 0 Å². The zero-order valence-electron chi connectivity index (χ0n) is 7.12. The van der Waals surface area contributed by atoms with Crippen molar-refractivity contribution in [3.63, 3.8) is 0 Å². The predicted molar refractivity (Wildman–Crippen MR) is 47.8 cm³/mol. The molecule has 0 aliphatic rings. The highest BCUT2D eigenvalue weighted by atomic mass is 15.1. The molecule has 2 rings (SSSR count). The van der Waals surface area contributed by atoms with Crippen molar-refractivity contribution in [2.75, 3.05) is 0 Å². The first-order valence-electron chi connectivity index (χ1n) is 3.89. The van der Waals surface area contributed by atoms with E-state index in [4.69, 9.17) is 5.26 Å². The topological polar surface area (TPSA) is 75.3 Å². The summed E-state index contributed by atoms with van der Waals surface area (Å²) in [5, 5.41) is 15.9. The summed E-state index contributed by atoms with van der Waals surface area (Å²) in [7, 11) is 0. The number of nitrogens with zero attached hydrogens (tertiary/aromatic N) is 5. The second kappa shape index (κ2) is 3.58. The number of rotatable bonds is 1. The highest BCUT2D eigenvalue weighted by Crippen LogP contribution is 2.10. The van der Waals surface area contributed by atoms with Crippen LogP contribution in [-0.2, 0) is 0 Å². The molecule has 0 aromatic carbocycles. The summed E-state index contributed by atoms with van der Waals surface area (Å²) in [6.07, 6.45) is 6.09. The van der Waals surface area contributed by atoms with Gasteiger partial charge in [-0.05, 0) is 6.07 Å². The predicted octanol–water partition coefficient (Wildman–Crippen LogP) is 0.805. The molecule has 0 aliphatic heterocycles. The Hall–Kier alpha value is -2.35. The second-order valence-corrected chi connectivity index (χ2v) is 2.54. The number of hydrogen-bond acceptors (Lipinski definition) is 5. The molecule has 0 amide bonds. The SMILES string of the molecule is N#Cc1cnc(-c2ccnnc2)nc1. The van der Waals surface area contributed by atoms with E-state index in [9.17, 15) is 0 Å². The molecule has 0 atom stereocenters. The minimum Gasteiger partial charge on any atom is -0.235 e. The van der Waals surface area contributed by atoms with Gasteiger partial charge in [-0.2, -0.15) is 15.5 Å². The van der Waals surface area contributed by atoms with Gasteiger partial charge in [0.25, 0.3) is 0 Å². The van der Waals surface area contributed by atoms with Crippen molar-refractivity contribution in [1.29, 1.82) is 5.26 Å². The Morgan fingerprint density at radius 3 is 2.43 bits per heavy atom. The molecule has 2 heterocycles. The van der Waals surface area contributed by atoms with E-state index < -0.39 is 0 Å². The smallest absolute Gasteiger partial charge is 0.160 e. The maximum Gasteiger partial charge on any atom is 0.160 e. The van der Waals surface area contributed by atoms with E-state index in [1.165, 1.54) is 12.4 Å². The molecule has 2 aromatic heterocycles. The number of hydrogen-bond donors (Lipinski definition) is 0. The fraction of sp³-hybridized carbons (Fsp3) is 0. The van der Waals surface area contributed by atoms with E-state index in [1.807, 2.05) is 6.07 Å². The normalized spacial score (nSPS) is 9.36. The Morgan fingerprint density at radius 2 is 1.86 bits per heavy atom. The van der Waals surface area contributed by atoms with Gasteiger partial charge in [0, 0.05) is 18.0 Å². The van der Waals surface area contributed by atoms with E-state index in [0.29, 0.717) is 11.4 Å². The fourth-order valence-electron chi connectivity index (χ4n) is 0.958. The van der Waals surface area contributed by atoms with Crippen molar-refractivity contribution < 1.29 is 0 Å². The number of aromatic nitrogens is 4. The number of nitriles is 1. The molecule has 5 heteroatoms. The summed E-state index contributed by atoms with van der Waals surface area (Å²) < 4.78 is 0. The Morgan fingerprint density at radius 1 is 1.07 bits per heavy atom. The van der Waals surface area contributed by atoms with Crippen LogP contribution in [0.15, 0.2) is 30.9 Å². The average Bonchev–Trinajstić information content (AvgIpc) is 2.30. The third kappa shape index (κ3) is 1.54. The summed E-state index contributed by atoms with van der Waals surface area (Å²) in [5.41, 5.74) is 1.22. The van der Waals surface area contributed by atoms with Crippen LogP contribution in [0.2, 0.25) is 0 Å². The van der Waals surface area contributed by atoms with Crippen molar-refractivity contribution in [2.45, 2.75) is 0 Å². The van der Waals surface area contributed by atoms with Gasteiger partial charge < -0.3 is 0 Å². The van der Waals surface area contributed by atoms with Gasteiger partial charge in [-0.15, -0.1) is 0 Å². The van der Waals surface area contributed by atoms with E-state index in [1.54, 1.807) is 18.5 Å². The third-order valence-electron chi connectivity index (χ3n) is 1.62. The van der Waals surface area contributed by atoms with Gasteiger partial charge in [0.15, 0.2) is 5.82 Å². The van der Waals surface area contributed by atoms with Crippen LogP contribution >= 0.6 is 0 Å². The van der Waals surface area contributed by atoms with E-state index in [0.717, 1.165) is 5.56 Å². The lowest BCUT2D eigenvalue weighted by atomic mass is 10.3. The zero-order chi connectivity index (χ0) is 9.80. The summed E-state index contributed by atoms with van der Waals surface area (Å²) in [4.78, 5) is 8.04. The van der Waals surface area contributed by atoms with Crippen LogP contribution in [0.4, 0.5) is 0 Å². The van der Waals surface area contributed by atoms with Gasteiger partial charge in [-0.25, -0.2) is 9.97 Å². The maximum atomic E-state index is 8.55. The van der Waals surface area contributed by atoms with Crippen molar-refractivity contribution in [3.8, 4) is 17.5 Å². The Kier molecular flexibility index (Phi) is 2.11. The van der Waals surface area contributed by atoms with Crippen LogP contribution in [0.3, 0.4) is 0 Å². The minimum atomic E-state index is 0.441. The highest BCUT2D eigenvalue weighted by Gasteiger charge is 2.00. The van der Waals surface area contributed by atoms with Crippen molar-refractivity contribution in [2.24, 2.45) is 0 Å². The van der Waals surface area contributed by atoms with Crippen LogP contribution in [-0.4, -0.2) is 20.2 Å². The van der Waals surface area contributed by atoms with Gasteiger partial charge in [-0.3, -0.25) is 0 Å². The molecule has 5 nitrogen and oxygen atoms in total. The van der Waals surface area contributed by atoms with Gasteiger partial charge in [0.2, 0.25) is 0 Å². The molecule has 0 saturated heterocycles. The van der Waals surface area contributed by atoms with E-state index in [-0.39, 0.29) is 0 Å². The Bertz CT molecular complexity index is 457. The molecule has 0 saturated carbocycles. The van der Waals surface area contributed by atoms with Crippen molar-refractivity contribution >= 4 is 0 Å². The van der Waals surface area contributed by atoms with Crippen molar-refractivity contribution in [1.82, 2.24) is 20.2 Å². The first-order valence-corrected chi connectivity index (χ1v) is 3.89. The summed E-state index contributed by atoms with van der Waals surface area (Å²) in [6, 6.07) is 3.71. The monoisotopic (exact) mass is 183 g/mol. The summed E-state index contributed by atoms with van der Waals surface area (Å²) in [5.74, 6) is 0.541. The maximum absolute atomic E-state index is 8.55. The van der Waals surface area contributed by atoms with Crippen LogP contribution in [0.25, 0.3) is 11.4 Å². The van der Waals surface area contributed by atoms with Gasteiger partial charge in [-0.1, -0.05) is 0 Å². The molecule has 0 unspecified atom stereocenters. The molecular weight excluding hydrogens is 178 g/mol. The average molecular weight is 183 g/mol. The first-order chi connectivity index (χ1) is 6.90. The molecular formula is C9H5N5. The Labute approximate surface area is 80.1 Å². The third-order valence-corrected chi connectivity index (χ3v) is 1.62. The molecule has 66 valence electrons. The minimum absolute atomic E-state index is 0.441. The lowest BCUT2D eigenvalue weighted by Crippen LogP contribution is -1.90.